The fraction of sp³-hybridized carbons (Fsp3) is 0.200. The van der Waals surface area contributed by atoms with E-state index in [0.29, 0.717) is 32.6 Å². The molecule has 2 aromatic heterocycles. The Labute approximate surface area is 253 Å². The first-order chi connectivity index (χ1) is 19.7. The van der Waals surface area contributed by atoms with Gasteiger partial charge in [0.05, 0.1) is 10.7 Å². The quantitative estimate of drug-likeness (QED) is 0.185. The molecule has 3 aromatic carbocycles. The number of rotatable bonds is 7. The average Bonchev–Trinajstić information content (AvgIpc) is 3.57. The highest BCUT2D eigenvalue weighted by atomic mass is 35.5. The van der Waals surface area contributed by atoms with Crippen molar-refractivity contribution < 1.29 is 9.21 Å². The van der Waals surface area contributed by atoms with Crippen LogP contribution >= 0.6 is 35.4 Å². The van der Waals surface area contributed by atoms with E-state index in [2.05, 4.69) is 48.4 Å². The Morgan fingerprint density at radius 3 is 2.37 bits per heavy atom. The van der Waals surface area contributed by atoms with Crippen LogP contribution in [0.2, 0.25) is 10.0 Å². The zero-order valence-electron chi connectivity index (χ0n) is 23.0. The van der Waals surface area contributed by atoms with E-state index in [9.17, 15) is 4.79 Å². The minimum Gasteiger partial charge on any atom is -0.451 e. The highest BCUT2D eigenvalue weighted by Gasteiger charge is 2.17. The molecule has 0 spiro atoms. The number of thiocarbonyl (C=S) groups is 1. The van der Waals surface area contributed by atoms with Crippen molar-refractivity contribution in [2.45, 2.75) is 27.7 Å². The van der Waals surface area contributed by atoms with Crippen LogP contribution < -0.4 is 15.5 Å². The van der Waals surface area contributed by atoms with Crippen LogP contribution in [-0.2, 0) is 0 Å². The lowest BCUT2D eigenvalue weighted by Crippen LogP contribution is -2.34. The molecule has 0 aliphatic heterocycles. The highest BCUT2D eigenvalue weighted by molar-refractivity contribution is 7.80. The van der Waals surface area contributed by atoms with Gasteiger partial charge in [-0.15, -0.1) is 10.2 Å². The fourth-order valence-corrected chi connectivity index (χ4v) is 5.28. The van der Waals surface area contributed by atoms with Crippen molar-refractivity contribution in [3.05, 3.63) is 87.6 Å². The smallest absolute Gasteiger partial charge is 0.293 e. The second kappa shape index (κ2) is 11.9. The summed E-state index contributed by atoms with van der Waals surface area (Å²) in [6.07, 6.45) is 0. The molecule has 0 unspecified atom stereocenters. The number of fused-ring (bicyclic) bond motifs is 1. The Morgan fingerprint density at radius 1 is 0.951 bits per heavy atom. The molecule has 11 heteroatoms. The molecule has 0 aliphatic carbocycles. The minimum atomic E-state index is -0.493. The van der Waals surface area contributed by atoms with Gasteiger partial charge in [-0.3, -0.25) is 10.1 Å². The van der Waals surface area contributed by atoms with Crippen LogP contribution in [0.15, 0.2) is 65.1 Å². The largest absolute Gasteiger partial charge is 0.451 e. The van der Waals surface area contributed by atoms with Gasteiger partial charge in [0.2, 0.25) is 0 Å². The topological polar surface area (TPSA) is 88.2 Å². The maximum absolute atomic E-state index is 12.8. The number of hydrogen-bond acceptors (Lipinski definition) is 6. The third kappa shape index (κ3) is 6.07. The van der Waals surface area contributed by atoms with Crippen molar-refractivity contribution in [2.24, 2.45) is 0 Å². The Bertz CT molecular complexity index is 1780. The van der Waals surface area contributed by atoms with Gasteiger partial charge in [-0.2, -0.15) is 4.80 Å². The van der Waals surface area contributed by atoms with Gasteiger partial charge in [-0.25, -0.2) is 0 Å². The van der Waals surface area contributed by atoms with Crippen molar-refractivity contribution in [2.75, 3.05) is 23.3 Å². The maximum atomic E-state index is 12.8. The summed E-state index contributed by atoms with van der Waals surface area (Å²) in [5, 5.41) is 16.2. The summed E-state index contributed by atoms with van der Waals surface area (Å²) >= 11 is 17.7. The van der Waals surface area contributed by atoms with Gasteiger partial charge >= 0.3 is 0 Å². The summed E-state index contributed by atoms with van der Waals surface area (Å²) in [7, 11) is 0. The number of aromatic nitrogens is 3. The molecule has 0 saturated heterocycles. The molecule has 5 rings (SSSR count). The summed E-state index contributed by atoms with van der Waals surface area (Å²) in [6, 6.07) is 18.4. The van der Waals surface area contributed by atoms with Crippen LogP contribution in [0, 0.1) is 13.8 Å². The number of amides is 1. The van der Waals surface area contributed by atoms with E-state index in [1.54, 1.807) is 35.1 Å². The average molecular weight is 608 g/mol. The second-order valence-electron chi connectivity index (χ2n) is 9.48. The number of aryl methyl sites for hydroxylation is 2. The third-order valence-corrected chi connectivity index (χ3v) is 7.50. The minimum absolute atomic E-state index is 0.0904. The first-order valence-electron chi connectivity index (χ1n) is 13.1. The van der Waals surface area contributed by atoms with Crippen LogP contribution in [0.25, 0.3) is 28.0 Å². The maximum Gasteiger partial charge on any atom is 0.293 e. The zero-order valence-corrected chi connectivity index (χ0v) is 25.3. The Hall–Kier alpha value is -3.92. The van der Waals surface area contributed by atoms with Crippen molar-refractivity contribution >= 4 is 68.8 Å². The monoisotopic (exact) mass is 606 g/mol. The van der Waals surface area contributed by atoms with E-state index in [4.69, 9.17) is 50.0 Å². The summed E-state index contributed by atoms with van der Waals surface area (Å²) in [5.74, 6) is 0.0396. The second-order valence-corrected chi connectivity index (χ2v) is 10.7. The van der Waals surface area contributed by atoms with Crippen molar-refractivity contribution in [3.8, 4) is 17.0 Å². The highest BCUT2D eigenvalue weighted by Crippen LogP contribution is 2.31. The van der Waals surface area contributed by atoms with Gasteiger partial charge in [-0.1, -0.05) is 23.2 Å². The third-order valence-electron chi connectivity index (χ3n) is 6.75. The number of carbonyl (C=O) groups is 1. The molecule has 2 heterocycles. The van der Waals surface area contributed by atoms with Crippen molar-refractivity contribution in [3.63, 3.8) is 0 Å². The molecular formula is C30H28Cl2N6O2S. The molecule has 8 nitrogen and oxygen atoms in total. The molecule has 2 N–H and O–H groups in total. The van der Waals surface area contributed by atoms with Crippen LogP contribution in [-0.4, -0.2) is 39.1 Å². The number of benzene rings is 3. The number of anilines is 2. The lowest BCUT2D eigenvalue weighted by molar-refractivity contribution is 0.0951. The molecular weight excluding hydrogens is 579 g/mol. The van der Waals surface area contributed by atoms with Crippen LogP contribution in [0.1, 0.15) is 35.5 Å². The summed E-state index contributed by atoms with van der Waals surface area (Å²) < 4.78 is 5.72. The zero-order chi connectivity index (χ0) is 29.3. The first-order valence-corrected chi connectivity index (χ1v) is 14.2. The number of halogens is 2. The number of nitrogens with zero attached hydrogens (tertiary/aromatic N) is 4. The lowest BCUT2D eigenvalue weighted by atomic mass is 10.1. The summed E-state index contributed by atoms with van der Waals surface area (Å²) in [5.41, 5.74) is 6.82. The van der Waals surface area contributed by atoms with E-state index < -0.39 is 5.91 Å². The van der Waals surface area contributed by atoms with E-state index in [0.717, 1.165) is 35.4 Å². The van der Waals surface area contributed by atoms with E-state index in [-0.39, 0.29) is 10.9 Å². The fourth-order valence-electron chi connectivity index (χ4n) is 4.57. The Morgan fingerprint density at radius 2 is 1.68 bits per heavy atom. The van der Waals surface area contributed by atoms with Crippen molar-refractivity contribution in [1.82, 2.24) is 20.3 Å². The van der Waals surface area contributed by atoms with Crippen molar-refractivity contribution in [1.29, 1.82) is 0 Å². The molecule has 0 aliphatic rings. The molecule has 0 bridgehead atoms. The predicted octanol–water partition coefficient (Wildman–Crippen LogP) is 7.58. The van der Waals surface area contributed by atoms with E-state index in [1.165, 1.54) is 5.69 Å². The first kappa shape index (κ1) is 28.6. The van der Waals surface area contributed by atoms with Gasteiger partial charge in [-0.05, 0) is 112 Å². The molecule has 210 valence electrons. The molecule has 0 saturated carbocycles. The predicted molar refractivity (Wildman–Crippen MR) is 170 cm³/mol. The van der Waals surface area contributed by atoms with Gasteiger partial charge < -0.3 is 14.6 Å². The molecule has 5 aromatic rings. The van der Waals surface area contributed by atoms with Crippen LogP contribution in [0.3, 0.4) is 0 Å². The molecule has 0 atom stereocenters. The Balaban J connectivity index is 1.30. The SMILES string of the molecule is CCN(CC)c1ccc(-n2nc3cc(C)c(NC(=S)NC(=O)c4ccc(-c5ccc(Cl)cc5Cl)o4)cc3n2)c(C)c1. The number of nitrogens with one attached hydrogen (secondary N) is 2. The molecule has 1 amide bonds. The molecule has 41 heavy (non-hydrogen) atoms. The number of hydrogen-bond donors (Lipinski definition) is 2. The summed E-state index contributed by atoms with van der Waals surface area (Å²) in [4.78, 5) is 16.8. The van der Waals surface area contributed by atoms with E-state index in [1.807, 2.05) is 25.1 Å². The van der Waals surface area contributed by atoms with Crippen LogP contribution in [0.4, 0.5) is 11.4 Å². The van der Waals surface area contributed by atoms with Crippen LogP contribution in [0.5, 0.6) is 0 Å². The van der Waals surface area contributed by atoms with Gasteiger partial charge in [0.25, 0.3) is 5.91 Å². The molecule has 0 radical (unpaired) electrons. The Kier molecular flexibility index (Phi) is 8.30. The lowest BCUT2D eigenvalue weighted by Gasteiger charge is -2.22. The molecule has 0 fully saturated rings. The summed E-state index contributed by atoms with van der Waals surface area (Å²) in [6.45, 7) is 10.2. The van der Waals surface area contributed by atoms with Gasteiger partial charge in [0, 0.05) is 35.1 Å². The normalized spacial score (nSPS) is 11.1. The van der Waals surface area contributed by atoms with Gasteiger partial charge in [0.15, 0.2) is 10.9 Å². The van der Waals surface area contributed by atoms with E-state index >= 15 is 0 Å². The number of furan rings is 1. The number of carbonyl (C=O) groups excluding carboxylic acids is 1. The standard InChI is InChI=1S/C30H28Cl2N6O2S/c1-5-37(6-2)20-8-10-26(18(4)13-20)38-35-24-14-17(3)23(16-25(24)36-38)33-30(41)34-29(39)28-12-11-27(40-28)21-9-7-19(31)15-22(21)32/h7-16H,5-6H2,1-4H3,(H2,33,34,39,41). The van der Waals surface area contributed by atoms with Gasteiger partial charge in [0.1, 0.15) is 16.8 Å².